The Kier molecular flexibility index (Phi) is 4.55. The molecule has 0 saturated heterocycles. The van der Waals surface area contributed by atoms with Crippen molar-refractivity contribution in [2.45, 2.75) is 6.04 Å². The number of carboxylic acid groups (broad SMARTS) is 1. The molecule has 1 unspecified atom stereocenters. The predicted octanol–water partition coefficient (Wildman–Crippen LogP) is 2.01. The molecule has 110 valence electrons. The molecule has 0 fully saturated rings. The zero-order valence-corrected chi connectivity index (χ0v) is 11.9. The molecule has 0 bridgehead atoms. The molecule has 2 aromatic rings. The lowest BCUT2D eigenvalue weighted by molar-refractivity contribution is -0.143. The number of likely N-dealkylation sites (N-methyl/N-ethyl adjacent to an activating group) is 1. The van der Waals surface area contributed by atoms with E-state index in [-0.39, 0.29) is 12.5 Å². The molecule has 0 aliphatic heterocycles. The van der Waals surface area contributed by atoms with Crippen molar-refractivity contribution in [3.63, 3.8) is 0 Å². The Morgan fingerprint density at radius 1 is 1.19 bits per heavy atom. The maximum absolute atomic E-state index is 12.6. The van der Waals surface area contributed by atoms with Gasteiger partial charge in [0.25, 0.3) is 5.91 Å². The Hall–Kier alpha value is -2.40. The van der Waals surface area contributed by atoms with Crippen LogP contribution < -0.4 is 0 Å². The number of amides is 1. The molecule has 0 saturated carbocycles. The summed E-state index contributed by atoms with van der Waals surface area (Å²) in [5.74, 6) is -1.43. The smallest absolute Gasteiger partial charge is 0.328 e. The van der Waals surface area contributed by atoms with E-state index in [2.05, 4.69) is 0 Å². The second-order valence-corrected chi connectivity index (χ2v) is 4.75. The molecule has 0 heterocycles. The van der Waals surface area contributed by atoms with Crippen LogP contribution in [0.5, 0.6) is 0 Å². The standard InChI is InChI=1S/C16H17NO4/c1-17(14(10-21-2)16(19)20)15(18)13-9-5-7-11-6-3-4-8-12(11)13/h3-9,14H,10H2,1-2H3,(H,19,20). The highest BCUT2D eigenvalue weighted by molar-refractivity contribution is 6.07. The van der Waals surface area contributed by atoms with E-state index in [0.717, 1.165) is 10.8 Å². The predicted molar refractivity (Wildman–Crippen MR) is 79.3 cm³/mol. The van der Waals surface area contributed by atoms with Gasteiger partial charge in [-0.1, -0.05) is 36.4 Å². The molecular weight excluding hydrogens is 270 g/mol. The average Bonchev–Trinajstić information content (AvgIpc) is 2.50. The third kappa shape index (κ3) is 3.03. The molecule has 5 heteroatoms. The molecule has 0 spiro atoms. The molecular formula is C16H17NO4. The SMILES string of the molecule is COCC(C(=O)O)N(C)C(=O)c1cccc2ccccc12. The molecule has 1 amide bonds. The summed E-state index contributed by atoms with van der Waals surface area (Å²) >= 11 is 0. The van der Waals surface area contributed by atoms with E-state index >= 15 is 0 Å². The van der Waals surface area contributed by atoms with E-state index in [1.54, 1.807) is 12.1 Å². The van der Waals surface area contributed by atoms with Gasteiger partial charge < -0.3 is 14.7 Å². The van der Waals surface area contributed by atoms with Gasteiger partial charge in [-0.25, -0.2) is 4.79 Å². The van der Waals surface area contributed by atoms with Crippen LogP contribution in [0.4, 0.5) is 0 Å². The first-order valence-electron chi connectivity index (χ1n) is 6.53. The van der Waals surface area contributed by atoms with Crippen molar-refractivity contribution < 1.29 is 19.4 Å². The van der Waals surface area contributed by atoms with E-state index in [1.165, 1.54) is 19.1 Å². The van der Waals surface area contributed by atoms with Crippen LogP contribution in [-0.4, -0.2) is 48.7 Å². The van der Waals surface area contributed by atoms with Crippen molar-refractivity contribution in [3.05, 3.63) is 48.0 Å². The lowest BCUT2D eigenvalue weighted by Crippen LogP contribution is -2.45. The highest BCUT2D eigenvalue weighted by atomic mass is 16.5. The summed E-state index contributed by atoms with van der Waals surface area (Å²) in [5.41, 5.74) is 0.484. The second kappa shape index (κ2) is 6.37. The van der Waals surface area contributed by atoms with Crippen molar-refractivity contribution in [2.75, 3.05) is 20.8 Å². The molecule has 1 N–H and O–H groups in total. The minimum atomic E-state index is -1.09. The van der Waals surface area contributed by atoms with Crippen LogP contribution in [-0.2, 0) is 9.53 Å². The minimum Gasteiger partial charge on any atom is -0.480 e. The van der Waals surface area contributed by atoms with Crippen LogP contribution in [0.3, 0.4) is 0 Å². The lowest BCUT2D eigenvalue weighted by Gasteiger charge is -2.24. The van der Waals surface area contributed by atoms with Crippen LogP contribution in [0.15, 0.2) is 42.5 Å². The van der Waals surface area contributed by atoms with Crippen LogP contribution in [0.25, 0.3) is 10.8 Å². The number of rotatable bonds is 5. The maximum atomic E-state index is 12.6. The number of carboxylic acids is 1. The maximum Gasteiger partial charge on any atom is 0.328 e. The number of aliphatic carboxylic acids is 1. The number of carbonyl (C=O) groups excluding carboxylic acids is 1. The Morgan fingerprint density at radius 3 is 2.52 bits per heavy atom. The fourth-order valence-corrected chi connectivity index (χ4v) is 2.25. The first kappa shape index (κ1) is 15.0. The summed E-state index contributed by atoms with van der Waals surface area (Å²) in [6, 6.07) is 11.9. The summed E-state index contributed by atoms with van der Waals surface area (Å²) in [6.07, 6.45) is 0. The summed E-state index contributed by atoms with van der Waals surface area (Å²) < 4.78 is 4.89. The topological polar surface area (TPSA) is 66.8 Å². The fraction of sp³-hybridized carbons (Fsp3) is 0.250. The number of hydrogen-bond donors (Lipinski definition) is 1. The van der Waals surface area contributed by atoms with Crippen molar-refractivity contribution in [2.24, 2.45) is 0 Å². The van der Waals surface area contributed by atoms with Crippen LogP contribution >= 0.6 is 0 Å². The van der Waals surface area contributed by atoms with E-state index in [1.807, 2.05) is 30.3 Å². The normalized spacial score (nSPS) is 12.1. The number of methoxy groups -OCH3 is 1. The van der Waals surface area contributed by atoms with Crippen molar-refractivity contribution >= 4 is 22.6 Å². The highest BCUT2D eigenvalue weighted by Gasteiger charge is 2.27. The van der Waals surface area contributed by atoms with Gasteiger partial charge in [0.1, 0.15) is 0 Å². The van der Waals surface area contributed by atoms with Crippen molar-refractivity contribution in [1.82, 2.24) is 4.90 Å². The number of ether oxygens (including phenoxy) is 1. The van der Waals surface area contributed by atoms with Crippen LogP contribution in [0.1, 0.15) is 10.4 Å². The summed E-state index contributed by atoms with van der Waals surface area (Å²) in [4.78, 5) is 25.0. The molecule has 2 aromatic carbocycles. The van der Waals surface area contributed by atoms with Gasteiger partial charge in [0.05, 0.1) is 6.61 Å². The molecule has 2 rings (SSSR count). The Labute approximate surface area is 122 Å². The van der Waals surface area contributed by atoms with Gasteiger partial charge in [0, 0.05) is 19.7 Å². The van der Waals surface area contributed by atoms with Crippen molar-refractivity contribution in [3.8, 4) is 0 Å². The van der Waals surface area contributed by atoms with Gasteiger partial charge in [0.2, 0.25) is 0 Å². The first-order valence-corrected chi connectivity index (χ1v) is 6.53. The average molecular weight is 287 g/mol. The van der Waals surface area contributed by atoms with E-state index in [9.17, 15) is 14.7 Å². The highest BCUT2D eigenvalue weighted by Crippen LogP contribution is 2.20. The molecule has 1 atom stereocenters. The van der Waals surface area contributed by atoms with Gasteiger partial charge >= 0.3 is 5.97 Å². The fourth-order valence-electron chi connectivity index (χ4n) is 2.25. The largest absolute Gasteiger partial charge is 0.480 e. The van der Waals surface area contributed by atoms with E-state index in [0.29, 0.717) is 5.56 Å². The molecule has 5 nitrogen and oxygen atoms in total. The molecule has 0 radical (unpaired) electrons. The second-order valence-electron chi connectivity index (χ2n) is 4.75. The van der Waals surface area contributed by atoms with E-state index < -0.39 is 12.0 Å². The number of hydrogen-bond acceptors (Lipinski definition) is 3. The Morgan fingerprint density at radius 2 is 1.86 bits per heavy atom. The van der Waals surface area contributed by atoms with Gasteiger partial charge in [-0.15, -0.1) is 0 Å². The third-order valence-electron chi connectivity index (χ3n) is 3.42. The first-order chi connectivity index (χ1) is 10.1. The van der Waals surface area contributed by atoms with Crippen LogP contribution in [0, 0.1) is 0 Å². The number of carbonyl (C=O) groups is 2. The summed E-state index contributed by atoms with van der Waals surface area (Å²) in [7, 11) is 2.88. The molecule has 0 aliphatic rings. The number of nitrogens with zero attached hydrogens (tertiary/aromatic N) is 1. The van der Waals surface area contributed by atoms with Gasteiger partial charge in [-0.2, -0.15) is 0 Å². The van der Waals surface area contributed by atoms with Crippen LogP contribution in [0.2, 0.25) is 0 Å². The zero-order valence-electron chi connectivity index (χ0n) is 11.9. The molecule has 0 aromatic heterocycles. The summed E-state index contributed by atoms with van der Waals surface area (Å²) in [6.45, 7) is -0.0532. The Bertz CT molecular complexity index is 663. The quantitative estimate of drug-likeness (QED) is 0.913. The van der Waals surface area contributed by atoms with Gasteiger partial charge in [-0.05, 0) is 16.8 Å². The van der Waals surface area contributed by atoms with Crippen molar-refractivity contribution in [1.29, 1.82) is 0 Å². The zero-order chi connectivity index (χ0) is 15.4. The monoisotopic (exact) mass is 287 g/mol. The van der Waals surface area contributed by atoms with Gasteiger partial charge in [0.15, 0.2) is 6.04 Å². The number of benzene rings is 2. The summed E-state index contributed by atoms with van der Waals surface area (Å²) in [5, 5.41) is 11.0. The Balaban J connectivity index is 2.39. The lowest BCUT2D eigenvalue weighted by atomic mass is 10.0. The third-order valence-corrected chi connectivity index (χ3v) is 3.42. The minimum absolute atomic E-state index is 0.0532. The molecule has 0 aliphatic carbocycles. The molecule has 21 heavy (non-hydrogen) atoms. The van der Waals surface area contributed by atoms with Gasteiger partial charge in [-0.3, -0.25) is 4.79 Å². The number of fused-ring (bicyclic) bond motifs is 1. The van der Waals surface area contributed by atoms with E-state index in [4.69, 9.17) is 4.74 Å².